The first-order valence-corrected chi connectivity index (χ1v) is 9.55. The van der Waals surface area contributed by atoms with Crippen molar-refractivity contribution >= 4 is 51.1 Å². The molecule has 0 saturated carbocycles. The quantitative estimate of drug-likeness (QED) is 0.548. The Balaban J connectivity index is 0.000000399. The van der Waals surface area contributed by atoms with E-state index < -0.39 is 5.97 Å². The van der Waals surface area contributed by atoms with Crippen molar-refractivity contribution in [2.24, 2.45) is 0 Å². The van der Waals surface area contributed by atoms with Crippen molar-refractivity contribution in [3.8, 4) is 0 Å². The summed E-state index contributed by atoms with van der Waals surface area (Å²) in [5.74, 6) is -1.19. The summed E-state index contributed by atoms with van der Waals surface area (Å²) < 4.78 is 0. The van der Waals surface area contributed by atoms with Crippen LogP contribution in [0.4, 0.5) is 0 Å². The molecule has 0 saturated heterocycles. The summed E-state index contributed by atoms with van der Waals surface area (Å²) in [6.45, 7) is 6.75. The van der Waals surface area contributed by atoms with E-state index in [0.717, 1.165) is 26.7 Å². The maximum Gasteiger partial charge on any atom is 0.0726 e. The van der Waals surface area contributed by atoms with Crippen LogP contribution in [0, 0.1) is 0 Å². The van der Waals surface area contributed by atoms with Crippen LogP contribution in [0.25, 0.3) is 21.8 Å². The van der Waals surface area contributed by atoms with Crippen LogP contribution < -0.4 is 10.4 Å². The molecule has 0 fully saturated rings. The molecule has 0 spiro atoms. The van der Waals surface area contributed by atoms with Gasteiger partial charge in [0.25, 0.3) is 0 Å². The lowest BCUT2D eigenvalue weighted by molar-refractivity contribution is -0.648. The van der Waals surface area contributed by atoms with E-state index in [4.69, 9.17) is 11.6 Å². The van der Waals surface area contributed by atoms with Gasteiger partial charge in [0.2, 0.25) is 0 Å². The molecular formula is C19H21ClN2O2S. The van der Waals surface area contributed by atoms with Crippen molar-refractivity contribution in [3.05, 3.63) is 47.5 Å². The fourth-order valence-corrected chi connectivity index (χ4v) is 3.48. The van der Waals surface area contributed by atoms with Gasteiger partial charge in [-0.05, 0) is 38.1 Å². The average molecular weight is 377 g/mol. The van der Waals surface area contributed by atoms with Gasteiger partial charge in [0.1, 0.15) is 0 Å². The van der Waals surface area contributed by atoms with Crippen LogP contribution in [0.1, 0.15) is 13.8 Å². The highest BCUT2D eigenvalue weighted by Crippen LogP contribution is 2.35. The Bertz CT molecular complexity index is 869. The highest BCUT2D eigenvalue weighted by molar-refractivity contribution is 8.00. The van der Waals surface area contributed by atoms with Crippen LogP contribution in [0.5, 0.6) is 0 Å². The molecule has 1 aromatic heterocycles. The molecule has 6 heteroatoms. The number of nitrogens with two attached hydrogens (primary N) is 1. The zero-order chi connectivity index (χ0) is 18.2. The molecule has 0 atom stereocenters. The van der Waals surface area contributed by atoms with E-state index in [1.165, 1.54) is 24.9 Å². The number of carboxylic acids is 1. The normalized spacial score (nSPS) is 10.5. The molecule has 0 aliphatic carbocycles. The van der Waals surface area contributed by atoms with Crippen molar-refractivity contribution in [3.63, 3.8) is 0 Å². The van der Waals surface area contributed by atoms with Crippen molar-refractivity contribution in [1.82, 2.24) is 4.98 Å². The first kappa shape index (κ1) is 19.5. The highest BCUT2D eigenvalue weighted by atomic mass is 35.5. The van der Waals surface area contributed by atoms with Crippen LogP contribution in [0.2, 0.25) is 5.02 Å². The number of para-hydroxylation sites is 1. The predicted octanol–water partition coefficient (Wildman–Crippen LogP) is 2.47. The average Bonchev–Trinajstić information content (AvgIpc) is 2.60. The fraction of sp³-hybridized carbons (Fsp3) is 0.263. The predicted molar refractivity (Wildman–Crippen MR) is 103 cm³/mol. The number of halogens is 1. The summed E-state index contributed by atoms with van der Waals surface area (Å²) in [4.78, 5) is 16.2. The SMILES string of the molecule is CC[NH2+]CC.O=C([O-])CSc1c2ccccc2nc2ccc(Cl)cc12. The molecule has 3 rings (SSSR count). The molecule has 132 valence electrons. The van der Waals surface area contributed by atoms with E-state index in [1.807, 2.05) is 36.4 Å². The van der Waals surface area contributed by atoms with Gasteiger partial charge in [0, 0.05) is 26.4 Å². The number of carbonyl (C=O) groups excluding carboxylic acids is 1. The molecule has 0 aliphatic heterocycles. The number of fused-ring (bicyclic) bond motifs is 2. The Morgan fingerprint density at radius 2 is 1.80 bits per heavy atom. The number of carbonyl (C=O) groups is 1. The second kappa shape index (κ2) is 9.61. The van der Waals surface area contributed by atoms with Gasteiger partial charge >= 0.3 is 0 Å². The molecule has 3 aromatic rings. The molecule has 0 aliphatic rings. The maximum atomic E-state index is 10.7. The lowest BCUT2D eigenvalue weighted by atomic mass is 10.1. The van der Waals surface area contributed by atoms with E-state index in [0.29, 0.717) is 5.02 Å². The molecule has 25 heavy (non-hydrogen) atoms. The molecule has 2 N–H and O–H groups in total. The van der Waals surface area contributed by atoms with Gasteiger partial charge in [-0.1, -0.05) is 29.8 Å². The van der Waals surface area contributed by atoms with Crippen LogP contribution in [0.3, 0.4) is 0 Å². The minimum atomic E-state index is -1.09. The second-order valence-electron chi connectivity index (χ2n) is 5.39. The van der Waals surface area contributed by atoms with E-state index in [9.17, 15) is 9.90 Å². The third-order valence-corrected chi connectivity index (χ3v) is 4.85. The van der Waals surface area contributed by atoms with Gasteiger partial charge in [-0.3, -0.25) is 0 Å². The smallest absolute Gasteiger partial charge is 0.0726 e. The lowest BCUT2D eigenvalue weighted by Gasteiger charge is -2.11. The third-order valence-electron chi connectivity index (χ3n) is 3.50. The van der Waals surface area contributed by atoms with Crippen molar-refractivity contribution in [1.29, 1.82) is 0 Å². The van der Waals surface area contributed by atoms with Gasteiger partial charge < -0.3 is 15.2 Å². The number of pyridine rings is 1. The van der Waals surface area contributed by atoms with Gasteiger partial charge in [-0.2, -0.15) is 0 Å². The summed E-state index contributed by atoms with van der Waals surface area (Å²) in [5.41, 5.74) is 1.64. The maximum absolute atomic E-state index is 10.7. The van der Waals surface area contributed by atoms with Gasteiger partial charge in [-0.15, -0.1) is 11.8 Å². The number of aromatic nitrogens is 1. The van der Waals surface area contributed by atoms with Crippen LogP contribution >= 0.6 is 23.4 Å². The monoisotopic (exact) mass is 376 g/mol. The molecule has 2 aromatic carbocycles. The molecule has 0 radical (unpaired) electrons. The van der Waals surface area contributed by atoms with Crippen molar-refractivity contribution in [2.45, 2.75) is 18.7 Å². The Morgan fingerprint density at radius 1 is 1.12 bits per heavy atom. The van der Waals surface area contributed by atoms with Crippen molar-refractivity contribution in [2.75, 3.05) is 18.8 Å². The minimum Gasteiger partial charge on any atom is -0.549 e. The van der Waals surface area contributed by atoms with Gasteiger partial charge in [0.15, 0.2) is 0 Å². The molecule has 1 heterocycles. The van der Waals surface area contributed by atoms with Crippen molar-refractivity contribution < 1.29 is 15.2 Å². The van der Waals surface area contributed by atoms with E-state index in [1.54, 1.807) is 6.07 Å². The summed E-state index contributed by atoms with van der Waals surface area (Å²) in [6, 6.07) is 13.1. The zero-order valence-corrected chi connectivity index (χ0v) is 15.9. The Kier molecular flexibility index (Phi) is 7.50. The van der Waals surface area contributed by atoms with E-state index >= 15 is 0 Å². The molecule has 0 amide bonds. The first-order valence-electron chi connectivity index (χ1n) is 8.19. The summed E-state index contributed by atoms with van der Waals surface area (Å²) in [7, 11) is 0. The number of aliphatic carboxylic acids is 1. The van der Waals surface area contributed by atoms with Gasteiger partial charge in [-0.25, -0.2) is 4.98 Å². The summed E-state index contributed by atoms with van der Waals surface area (Å²) in [6.07, 6.45) is 0. The standard InChI is InChI=1S/C15H10ClNO2S.C4H11N/c16-9-5-6-13-11(7-9)15(20-8-14(18)19)10-3-1-2-4-12(10)17-13;1-3-5-4-2/h1-7H,8H2,(H,18,19);5H,3-4H2,1-2H3. The summed E-state index contributed by atoms with van der Waals surface area (Å²) in [5, 5.41) is 15.4. The van der Waals surface area contributed by atoms with Crippen LogP contribution in [-0.4, -0.2) is 29.8 Å². The molecule has 0 bridgehead atoms. The number of hydrogen-bond donors (Lipinski definition) is 1. The number of benzene rings is 2. The second-order valence-corrected chi connectivity index (χ2v) is 6.81. The Labute approximate surface area is 156 Å². The largest absolute Gasteiger partial charge is 0.549 e. The van der Waals surface area contributed by atoms with Gasteiger partial charge in [0.05, 0.1) is 30.1 Å². The van der Waals surface area contributed by atoms with E-state index in [2.05, 4.69) is 24.1 Å². The lowest BCUT2D eigenvalue weighted by Crippen LogP contribution is -2.82. The number of quaternary nitrogens is 1. The Hall–Kier alpha value is -1.82. The zero-order valence-electron chi connectivity index (χ0n) is 14.3. The number of nitrogens with zero attached hydrogens (tertiary/aromatic N) is 1. The number of rotatable bonds is 5. The highest BCUT2D eigenvalue weighted by Gasteiger charge is 2.10. The molecule has 0 unspecified atom stereocenters. The summed E-state index contributed by atoms with van der Waals surface area (Å²) >= 11 is 7.27. The number of carboxylic acid groups (broad SMARTS) is 1. The topological polar surface area (TPSA) is 69.6 Å². The Morgan fingerprint density at radius 3 is 2.44 bits per heavy atom. The van der Waals surface area contributed by atoms with E-state index in [-0.39, 0.29) is 5.75 Å². The molecular weight excluding hydrogens is 356 g/mol. The number of thioether (sulfide) groups is 1. The molecule has 4 nitrogen and oxygen atoms in total. The minimum absolute atomic E-state index is 0.102. The third kappa shape index (κ3) is 5.33. The van der Waals surface area contributed by atoms with Crippen LogP contribution in [0.15, 0.2) is 47.4 Å². The fourth-order valence-electron chi connectivity index (χ4n) is 2.40. The van der Waals surface area contributed by atoms with Crippen LogP contribution in [-0.2, 0) is 4.79 Å². The number of hydrogen-bond acceptors (Lipinski definition) is 4. The first-order chi connectivity index (χ1) is 12.1.